The van der Waals surface area contributed by atoms with Crippen LogP contribution in [0.5, 0.6) is 11.5 Å². The molecule has 0 radical (unpaired) electrons. The zero-order chi connectivity index (χ0) is 17.9. The fourth-order valence-electron chi connectivity index (χ4n) is 3.89. The minimum Gasteiger partial charge on any atom is -0.497 e. The Morgan fingerprint density at radius 3 is 2.07 bits per heavy atom. The van der Waals surface area contributed by atoms with Crippen molar-refractivity contribution in [3.8, 4) is 11.5 Å². The van der Waals surface area contributed by atoms with Gasteiger partial charge in [0.15, 0.2) is 0 Å². The maximum absolute atomic E-state index is 12.7. The summed E-state index contributed by atoms with van der Waals surface area (Å²) in [6, 6.07) is 6.12. The third-order valence-electron chi connectivity index (χ3n) is 5.43. The summed E-state index contributed by atoms with van der Waals surface area (Å²) in [7, 11) is 3.29. The molecule has 3 rings (SSSR count). The molecule has 1 saturated heterocycles. The van der Waals surface area contributed by atoms with E-state index >= 15 is 0 Å². The number of likely N-dealkylation sites (tertiary alicyclic amines) is 1. The molecule has 8 heteroatoms. The second-order valence-electron chi connectivity index (χ2n) is 7.18. The van der Waals surface area contributed by atoms with E-state index in [0.29, 0.717) is 6.04 Å². The summed E-state index contributed by atoms with van der Waals surface area (Å²) >= 11 is 0. The summed E-state index contributed by atoms with van der Waals surface area (Å²) < 4.78 is 10.6. The van der Waals surface area contributed by atoms with Crippen LogP contribution in [0.25, 0.3) is 0 Å². The van der Waals surface area contributed by atoms with E-state index in [4.69, 9.17) is 15.2 Å². The lowest BCUT2D eigenvalue weighted by Crippen LogP contribution is -2.56. The van der Waals surface area contributed by atoms with E-state index in [-0.39, 0.29) is 30.7 Å². The molecule has 2 aliphatic rings. The molecule has 1 saturated carbocycles. The van der Waals surface area contributed by atoms with E-state index < -0.39 is 5.54 Å². The summed E-state index contributed by atoms with van der Waals surface area (Å²) in [5, 5.41) is 3.54. The molecule has 0 unspecified atom stereocenters. The van der Waals surface area contributed by atoms with Gasteiger partial charge >= 0.3 is 0 Å². The molecule has 1 aliphatic heterocycles. The van der Waals surface area contributed by atoms with Gasteiger partial charge in [0, 0.05) is 43.0 Å². The summed E-state index contributed by atoms with van der Waals surface area (Å²) in [5.74, 6) is 1.67. The number of hydrogen-bond donors (Lipinski definition) is 2. The molecule has 1 heterocycles. The lowest BCUT2D eigenvalue weighted by molar-refractivity contribution is -0.137. The minimum atomic E-state index is -0.611. The van der Waals surface area contributed by atoms with Crippen LogP contribution in [0, 0.1) is 0 Å². The van der Waals surface area contributed by atoms with Gasteiger partial charge in [-0.25, -0.2) is 0 Å². The lowest BCUT2D eigenvalue weighted by atomic mass is 9.95. The molecule has 1 aliphatic carbocycles. The number of nitrogens with one attached hydrogen (secondary N) is 1. The zero-order valence-electron chi connectivity index (χ0n) is 16.0. The maximum atomic E-state index is 12.7. The van der Waals surface area contributed by atoms with Gasteiger partial charge in [-0.15, -0.1) is 24.8 Å². The Balaban J connectivity index is 0.00000182. The Hall–Kier alpha value is -1.37. The SMILES string of the molecule is COc1cc(NC2CCN(C(=O)C3(N)CCCC3)CC2)cc(OC)c1.Cl.Cl. The molecular weight excluding hydrogens is 389 g/mol. The highest BCUT2D eigenvalue weighted by Crippen LogP contribution is 2.31. The number of carbonyl (C=O) groups is 1. The number of nitrogens with zero attached hydrogens (tertiary/aromatic N) is 1. The van der Waals surface area contributed by atoms with E-state index in [0.717, 1.165) is 68.8 Å². The van der Waals surface area contributed by atoms with Gasteiger partial charge in [0.05, 0.1) is 19.8 Å². The topological polar surface area (TPSA) is 76.8 Å². The molecule has 1 aromatic carbocycles. The Labute approximate surface area is 174 Å². The van der Waals surface area contributed by atoms with Crippen molar-refractivity contribution in [3.63, 3.8) is 0 Å². The summed E-state index contributed by atoms with van der Waals surface area (Å²) in [4.78, 5) is 14.7. The number of halogens is 2. The number of amides is 1. The van der Waals surface area contributed by atoms with Crippen molar-refractivity contribution in [3.05, 3.63) is 18.2 Å². The Bertz CT molecular complexity index is 594. The highest BCUT2D eigenvalue weighted by molar-refractivity contribution is 5.86. The molecular formula is C19H31Cl2N3O3. The Kier molecular flexibility index (Phi) is 8.99. The number of nitrogens with two attached hydrogens (primary N) is 1. The molecule has 2 fully saturated rings. The molecule has 3 N–H and O–H groups in total. The minimum absolute atomic E-state index is 0. The van der Waals surface area contributed by atoms with Crippen LogP contribution in [0.4, 0.5) is 5.69 Å². The van der Waals surface area contributed by atoms with Gasteiger partial charge in [0.25, 0.3) is 0 Å². The number of anilines is 1. The predicted molar refractivity (Wildman–Crippen MR) is 113 cm³/mol. The van der Waals surface area contributed by atoms with Gasteiger partial charge in [0.2, 0.25) is 5.91 Å². The second-order valence-corrected chi connectivity index (χ2v) is 7.18. The first kappa shape index (κ1) is 23.7. The van der Waals surface area contributed by atoms with Crippen molar-refractivity contribution in [2.24, 2.45) is 5.73 Å². The second kappa shape index (κ2) is 10.2. The fourth-order valence-corrected chi connectivity index (χ4v) is 3.89. The molecule has 0 atom stereocenters. The van der Waals surface area contributed by atoms with Crippen LogP contribution in [-0.4, -0.2) is 49.7 Å². The first-order valence-electron chi connectivity index (χ1n) is 9.12. The zero-order valence-corrected chi connectivity index (χ0v) is 17.7. The standard InChI is InChI=1S/C19H29N3O3.2ClH/c1-24-16-11-15(12-17(13-16)25-2)21-14-5-9-22(10-6-14)18(23)19(20)7-3-4-8-19;;/h11-14,21H,3-10,20H2,1-2H3;2*1H. The molecule has 154 valence electrons. The Morgan fingerprint density at radius 2 is 1.59 bits per heavy atom. The molecule has 0 bridgehead atoms. The fraction of sp³-hybridized carbons (Fsp3) is 0.632. The van der Waals surface area contributed by atoms with Crippen molar-refractivity contribution in [1.29, 1.82) is 0 Å². The van der Waals surface area contributed by atoms with Crippen molar-refractivity contribution < 1.29 is 14.3 Å². The number of carbonyl (C=O) groups excluding carboxylic acids is 1. The Morgan fingerprint density at radius 1 is 1.07 bits per heavy atom. The highest BCUT2D eigenvalue weighted by Gasteiger charge is 2.40. The van der Waals surface area contributed by atoms with Crippen LogP contribution >= 0.6 is 24.8 Å². The van der Waals surface area contributed by atoms with Crippen molar-refractivity contribution in [2.45, 2.75) is 50.1 Å². The smallest absolute Gasteiger partial charge is 0.242 e. The number of hydrogen-bond acceptors (Lipinski definition) is 5. The molecule has 1 aromatic rings. The number of benzene rings is 1. The van der Waals surface area contributed by atoms with Crippen molar-refractivity contribution >= 4 is 36.4 Å². The van der Waals surface area contributed by atoms with Crippen LogP contribution in [0.15, 0.2) is 18.2 Å². The normalized spacial score (nSPS) is 18.9. The summed E-state index contributed by atoms with van der Waals surface area (Å²) in [5.41, 5.74) is 6.69. The lowest BCUT2D eigenvalue weighted by Gasteiger charge is -2.37. The first-order valence-corrected chi connectivity index (χ1v) is 9.12. The van der Waals surface area contributed by atoms with E-state index in [1.54, 1.807) is 14.2 Å². The molecule has 1 amide bonds. The predicted octanol–water partition coefficient (Wildman–Crippen LogP) is 3.22. The first-order chi connectivity index (χ1) is 12.0. The largest absolute Gasteiger partial charge is 0.497 e. The number of ether oxygens (including phenoxy) is 2. The molecule has 0 aromatic heterocycles. The molecule has 27 heavy (non-hydrogen) atoms. The van der Waals surface area contributed by atoms with E-state index in [2.05, 4.69) is 5.32 Å². The quantitative estimate of drug-likeness (QED) is 0.765. The third-order valence-corrected chi connectivity index (χ3v) is 5.43. The van der Waals surface area contributed by atoms with Gasteiger partial charge in [-0.05, 0) is 25.7 Å². The number of piperidine rings is 1. The highest BCUT2D eigenvalue weighted by atomic mass is 35.5. The van der Waals surface area contributed by atoms with Crippen LogP contribution < -0.4 is 20.5 Å². The number of rotatable bonds is 5. The van der Waals surface area contributed by atoms with Gasteiger partial charge in [-0.1, -0.05) is 12.8 Å². The van der Waals surface area contributed by atoms with Gasteiger partial charge in [-0.2, -0.15) is 0 Å². The van der Waals surface area contributed by atoms with Crippen LogP contribution in [0.1, 0.15) is 38.5 Å². The van der Waals surface area contributed by atoms with Crippen LogP contribution in [-0.2, 0) is 4.79 Å². The average molecular weight is 420 g/mol. The summed E-state index contributed by atoms with van der Waals surface area (Å²) in [6.07, 6.45) is 5.62. The maximum Gasteiger partial charge on any atom is 0.242 e. The average Bonchev–Trinajstić information content (AvgIpc) is 3.09. The third kappa shape index (κ3) is 5.56. The van der Waals surface area contributed by atoms with E-state index in [1.807, 2.05) is 23.1 Å². The van der Waals surface area contributed by atoms with Gasteiger partial charge in [0.1, 0.15) is 11.5 Å². The number of methoxy groups -OCH3 is 2. The molecule has 0 spiro atoms. The monoisotopic (exact) mass is 419 g/mol. The molecule has 6 nitrogen and oxygen atoms in total. The summed E-state index contributed by atoms with van der Waals surface area (Å²) in [6.45, 7) is 1.52. The van der Waals surface area contributed by atoms with Gasteiger partial charge < -0.3 is 25.4 Å². The van der Waals surface area contributed by atoms with Gasteiger partial charge in [-0.3, -0.25) is 4.79 Å². The van der Waals surface area contributed by atoms with Crippen molar-refractivity contribution in [1.82, 2.24) is 4.90 Å². The van der Waals surface area contributed by atoms with Crippen molar-refractivity contribution in [2.75, 3.05) is 32.6 Å². The van der Waals surface area contributed by atoms with Crippen LogP contribution in [0.2, 0.25) is 0 Å². The van der Waals surface area contributed by atoms with Crippen LogP contribution in [0.3, 0.4) is 0 Å². The van der Waals surface area contributed by atoms with E-state index in [1.165, 1.54) is 0 Å². The van der Waals surface area contributed by atoms with E-state index in [9.17, 15) is 4.79 Å².